The fourth-order valence-electron chi connectivity index (χ4n) is 3.02. The third-order valence-electron chi connectivity index (χ3n) is 4.33. The van der Waals surface area contributed by atoms with E-state index in [1.807, 2.05) is 26.1 Å². The van der Waals surface area contributed by atoms with Gasteiger partial charge in [-0.25, -0.2) is 0 Å². The molecular formula is C16H23ClN2O. The summed E-state index contributed by atoms with van der Waals surface area (Å²) in [5, 5.41) is 6.94. The molecule has 0 spiro atoms. The minimum absolute atomic E-state index is 0.0393. The van der Waals surface area contributed by atoms with E-state index in [1.54, 1.807) is 6.07 Å². The van der Waals surface area contributed by atoms with Crippen molar-refractivity contribution in [3.05, 3.63) is 28.8 Å². The molecule has 110 valence electrons. The highest BCUT2D eigenvalue weighted by atomic mass is 35.5. The highest BCUT2D eigenvalue weighted by Gasteiger charge is 2.32. The first kappa shape index (κ1) is 15.3. The number of amides is 1. The van der Waals surface area contributed by atoms with Crippen LogP contribution >= 0.6 is 11.6 Å². The molecule has 4 heteroatoms. The van der Waals surface area contributed by atoms with E-state index < -0.39 is 0 Å². The number of hydrogen-bond donors (Lipinski definition) is 2. The second-order valence-electron chi connectivity index (χ2n) is 5.75. The lowest BCUT2D eigenvalue weighted by Gasteiger charge is -2.36. The topological polar surface area (TPSA) is 41.1 Å². The van der Waals surface area contributed by atoms with Crippen molar-refractivity contribution in [2.24, 2.45) is 0 Å². The minimum Gasteiger partial charge on any atom is -0.324 e. The summed E-state index contributed by atoms with van der Waals surface area (Å²) >= 11 is 6.15. The van der Waals surface area contributed by atoms with Crippen molar-refractivity contribution in [3.63, 3.8) is 0 Å². The Morgan fingerprint density at radius 2 is 2.00 bits per heavy atom. The van der Waals surface area contributed by atoms with Crippen LogP contribution in [0.4, 0.5) is 5.69 Å². The second-order valence-corrected chi connectivity index (χ2v) is 6.15. The van der Waals surface area contributed by atoms with Gasteiger partial charge in [-0.1, -0.05) is 43.0 Å². The number of anilines is 1. The fourth-order valence-corrected chi connectivity index (χ4v) is 3.29. The van der Waals surface area contributed by atoms with E-state index in [-0.39, 0.29) is 11.4 Å². The molecule has 0 saturated heterocycles. The predicted molar refractivity (Wildman–Crippen MR) is 84.3 cm³/mol. The van der Waals surface area contributed by atoms with E-state index in [0.29, 0.717) is 11.4 Å². The molecular weight excluding hydrogens is 272 g/mol. The lowest BCUT2D eigenvalue weighted by molar-refractivity contribution is -0.117. The molecule has 2 N–H and O–H groups in total. The zero-order valence-electron chi connectivity index (χ0n) is 12.3. The van der Waals surface area contributed by atoms with Crippen molar-refractivity contribution in [1.29, 1.82) is 0 Å². The number of rotatable bonds is 4. The molecule has 1 aliphatic rings. The van der Waals surface area contributed by atoms with Gasteiger partial charge in [0.1, 0.15) is 0 Å². The zero-order chi connectivity index (χ0) is 14.6. The van der Waals surface area contributed by atoms with Crippen LogP contribution in [0.1, 0.15) is 44.1 Å². The highest BCUT2D eigenvalue weighted by molar-refractivity contribution is 6.33. The van der Waals surface area contributed by atoms with Crippen molar-refractivity contribution in [2.45, 2.75) is 51.0 Å². The van der Waals surface area contributed by atoms with Gasteiger partial charge >= 0.3 is 0 Å². The molecule has 0 radical (unpaired) electrons. The van der Waals surface area contributed by atoms with Gasteiger partial charge in [0.15, 0.2) is 0 Å². The van der Waals surface area contributed by atoms with Crippen LogP contribution in [0.25, 0.3) is 0 Å². The lowest BCUT2D eigenvalue weighted by atomic mass is 9.79. The Kier molecular flexibility index (Phi) is 5.06. The molecule has 2 rings (SSSR count). The Balaban J connectivity index is 2.05. The van der Waals surface area contributed by atoms with Crippen molar-refractivity contribution in [1.82, 2.24) is 5.32 Å². The summed E-state index contributed by atoms with van der Waals surface area (Å²) in [7, 11) is 1.96. The van der Waals surface area contributed by atoms with E-state index in [2.05, 4.69) is 10.6 Å². The first-order valence-corrected chi connectivity index (χ1v) is 7.68. The maximum atomic E-state index is 12.3. The normalized spacial score (nSPS) is 17.8. The van der Waals surface area contributed by atoms with Gasteiger partial charge in [-0.2, -0.15) is 0 Å². The van der Waals surface area contributed by atoms with Gasteiger partial charge in [0, 0.05) is 12.0 Å². The van der Waals surface area contributed by atoms with Gasteiger partial charge in [-0.15, -0.1) is 0 Å². The number of hydrogen-bond acceptors (Lipinski definition) is 2. The minimum atomic E-state index is -0.0442. The average molecular weight is 295 g/mol. The van der Waals surface area contributed by atoms with Gasteiger partial charge < -0.3 is 10.6 Å². The van der Waals surface area contributed by atoms with Crippen LogP contribution in [-0.2, 0) is 4.79 Å². The van der Waals surface area contributed by atoms with Crippen LogP contribution in [0.2, 0.25) is 5.02 Å². The SMILES string of the molecule is CNC1(CC(=O)Nc2c(C)cccc2Cl)CCCCC1. The molecule has 0 bridgehead atoms. The van der Waals surface area contributed by atoms with Crippen LogP contribution in [0, 0.1) is 6.92 Å². The van der Waals surface area contributed by atoms with Gasteiger partial charge in [-0.3, -0.25) is 4.79 Å². The van der Waals surface area contributed by atoms with E-state index in [0.717, 1.165) is 24.1 Å². The third-order valence-corrected chi connectivity index (χ3v) is 4.64. The van der Waals surface area contributed by atoms with Crippen molar-refractivity contribution >= 4 is 23.2 Å². The second kappa shape index (κ2) is 6.59. The van der Waals surface area contributed by atoms with Crippen molar-refractivity contribution < 1.29 is 4.79 Å². The average Bonchev–Trinajstić information content (AvgIpc) is 2.44. The molecule has 0 aliphatic heterocycles. The molecule has 0 atom stereocenters. The summed E-state index contributed by atoms with van der Waals surface area (Å²) in [6, 6.07) is 5.65. The van der Waals surface area contributed by atoms with Crippen LogP contribution in [-0.4, -0.2) is 18.5 Å². The van der Waals surface area contributed by atoms with E-state index in [9.17, 15) is 4.79 Å². The number of aryl methyl sites for hydroxylation is 1. The quantitative estimate of drug-likeness (QED) is 0.884. The Morgan fingerprint density at radius 3 is 2.60 bits per heavy atom. The van der Waals surface area contributed by atoms with E-state index >= 15 is 0 Å². The Labute approximate surface area is 126 Å². The molecule has 0 heterocycles. The summed E-state index contributed by atoms with van der Waals surface area (Å²) in [4.78, 5) is 12.3. The highest BCUT2D eigenvalue weighted by Crippen LogP contribution is 2.32. The summed E-state index contributed by atoms with van der Waals surface area (Å²) in [5.41, 5.74) is 1.69. The molecule has 20 heavy (non-hydrogen) atoms. The predicted octanol–water partition coefficient (Wildman–Crippen LogP) is 3.90. The fraction of sp³-hybridized carbons (Fsp3) is 0.562. The summed E-state index contributed by atoms with van der Waals surface area (Å²) in [5.74, 6) is 0.0393. The number of halogens is 1. The largest absolute Gasteiger partial charge is 0.324 e. The standard InChI is InChI=1S/C16H23ClN2O/c1-12-7-6-8-13(17)15(12)19-14(20)11-16(18-2)9-4-3-5-10-16/h6-8,18H,3-5,9-11H2,1-2H3,(H,19,20). The van der Waals surface area contributed by atoms with Crippen LogP contribution in [0.3, 0.4) is 0 Å². The maximum Gasteiger partial charge on any atom is 0.226 e. The molecule has 1 aromatic carbocycles. The molecule has 1 fully saturated rings. The maximum absolute atomic E-state index is 12.3. The first-order chi connectivity index (χ1) is 9.56. The number of nitrogens with one attached hydrogen (secondary N) is 2. The smallest absolute Gasteiger partial charge is 0.226 e. The van der Waals surface area contributed by atoms with E-state index in [1.165, 1.54) is 19.3 Å². The molecule has 1 aliphatic carbocycles. The summed E-state index contributed by atoms with van der Waals surface area (Å²) in [6.45, 7) is 1.95. The number of para-hydroxylation sites is 1. The van der Waals surface area contributed by atoms with Gasteiger partial charge in [0.05, 0.1) is 10.7 Å². The third kappa shape index (κ3) is 3.53. The summed E-state index contributed by atoms with van der Waals surface area (Å²) < 4.78 is 0. The van der Waals surface area contributed by atoms with Gasteiger partial charge in [0.25, 0.3) is 0 Å². The van der Waals surface area contributed by atoms with Crippen LogP contribution in [0.5, 0.6) is 0 Å². The lowest BCUT2D eigenvalue weighted by Crippen LogP contribution is -2.47. The zero-order valence-corrected chi connectivity index (χ0v) is 13.0. The molecule has 0 aromatic heterocycles. The molecule has 0 unspecified atom stereocenters. The van der Waals surface area contributed by atoms with Gasteiger partial charge in [-0.05, 0) is 38.4 Å². The van der Waals surface area contributed by atoms with Crippen LogP contribution < -0.4 is 10.6 Å². The number of carbonyl (C=O) groups excluding carboxylic acids is 1. The number of carbonyl (C=O) groups is 1. The molecule has 1 amide bonds. The van der Waals surface area contributed by atoms with E-state index in [4.69, 9.17) is 11.6 Å². The molecule has 1 aromatic rings. The molecule has 1 saturated carbocycles. The van der Waals surface area contributed by atoms with Crippen molar-refractivity contribution in [3.8, 4) is 0 Å². The Bertz CT molecular complexity index is 461. The monoisotopic (exact) mass is 294 g/mol. The molecule has 3 nitrogen and oxygen atoms in total. The number of benzene rings is 1. The van der Waals surface area contributed by atoms with Crippen molar-refractivity contribution in [2.75, 3.05) is 12.4 Å². The summed E-state index contributed by atoms with van der Waals surface area (Å²) in [6.07, 6.45) is 6.30. The Morgan fingerprint density at radius 1 is 1.30 bits per heavy atom. The van der Waals surface area contributed by atoms with Crippen LogP contribution in [0.15, 0.2) is 18.2 Å². The Hall–Kier alpha value is -1.06. The van der Waals surface area contributed by atoms with Gasteiger partial charge in [0.2, 0.25) is 5.91 Å². The first-order valence-electron chi connectivity index (χ1n) is 7.30.